The van der Waals surface area contributed by atoms with Gasteiger partial charge in [0.15, 0.2) is 0 Å². The van der Waals surface area contributed by atoms with Crippen LogP contribution in [0.2, 0.25) is 0 Å². The fourth-order valence-corrected chi connectivity index (χ4v) is 17.2. The number of ether oxygens (including phenoxy) is 3. The maximum absolute atomic E-state index is 12.0. The summed E-state index contributed by atoms with van der Waals surface area (Å²) in [4.78, 5) is 0. The van der Waals surface area contributed by atoms with Crippen LogP contribution >= 0.6 is 0 Å². The molecule has 2 rings (SSSR count). The molecule has 2 aliphatic rings. The summed E-state index contributed by atoms with van der Waals surface area (Å²) < 4.78 is 39.8. The Labute approximate surface area is 569 Å². The van der Waals surface area contributed by atoms with E-state index in [9.17, 15) is 13.9 Å². The molecule has 2 fully saturated rings. The number of hydrogen-bond acceptors (Lipinski definition) is 5. The summed E-state index contributed by atoms with van der Waals surface area (Å²) in [6, 6.07) is 0. The van der Waals surface area contributed by atoms with E-state index in [0.29, 0.717) is 102 Å². The van der Waals surface area contributed by atoms with Crippen LogP contribution in [0.15, 0.2) is 0 Å². The number of aliphatic hydroxyl groups is 2. The SMILES string of the molecule is CC(C)C(C(C)C)C(C)O.CC(C)C(C(C)C)C(C)OC(C)(C)C.CC(C)C(C(C)C)C(C)OC(F)F.CC(C)C(C(C)C)C1CC1.CC(C)C(C(C)C)C1CCCCC1.CC(C)C(CO)C(C)C.CCCC(C(C)C)C(C)C.COC(C)C(C(C)C)C(C)C. The lowest BCUT2D eigenvalue weighted by atomic mass is 9.70. The number of alkyl halides is 2. The molecule has 552 valence electrons. The van der Waals surface area contributed by atoms with Crippen molar-refractivity contribution in [3.8, 4) is 0 Å². The van der Waals surface area contributed by atoms with E-state index in [1.165, 1.54) is 57.8 Å². The summed E-state index contributed by atoms with van der Waals surface area (Å²) in [5, 5.41) is 18.2. The van der Waals surface area contributed by atoms with Crippen molar-refractivity contribution in [2.75, 3.05) is 13.7 Å². The van der Waals surface area contributed by atoms with E-state index in [2.05, 4.69) is 240 Å². The van der Waals surface area contributed by atoms with E-state index >= 15 is 0 Å². The van der Waals surface area contributed by atoms with Crippen LogP contribution in [0.25, 0.3) is 0 Å². The van der Waals surface area contributed by atoms with Crippen molar-refractivity contribution in [3.63, 3.8) is 0 Å². The topological polar surface area (TPSA) is 68.2 Å². The number of aliphatic hydroxyl groups excluding tert-OH is 2. The van der Waals surface area contributed by atoms with Crippen LogP contribution in [0.1, 0.15) is 335 Å². The lowest BCUT2D eigenvalue weighted by Gasteiger charge is -2.35. The van der Waals surface area contributed by atoms with Gasteiger partial charge in [0.25, 0.3) is 0 Å². The van der Waals surface area contributed by atoms with Crippen LogP contribution in [0, 0.1) is 154 Å². The van der Waals surface area contributed by atoms with Crippen molar-refractivity contribution in [1.29, 1.82) is 0 Å². The second-order valence-electron chi connectivity index (χ2n) is 35.1. The van der Waals surface area contributed by atoms with E-state index in [1.807, 2.05) is 34.6 Å². The van der Waals surface area contributed by atoms with Gasteiger partial charge in [0, 0.05) is 13.7 Å². The minimum absolute atomic E-state index is 0.0263. The lowest BCUT2D eigenvalue weighted by molar-refractivity contribution is -0.179. The lowest BCUT2D eigenvalue weighted by Crippen LogP contribution is -2.35. The second kappa shape index (κ2) is 54.6. The van der Waals surface area contributed by atoms with Crippen molar-refractivity contribution >= 4 is 0 Å². The van der Waals surface area contributed by atoms with Gasteiger partial charge in [0.05, 0.1) is 30.0 Å². The van der Waals surface area contributed by atoms with Crippen molar-refractivity contribution in [1.82, 2.24) is 0 Å². The third-order valence-electron chi connectivity index (χ3n) is 20.3. The Bertz CT molecular complexity index is 1410. The largest absolute Gasteiger partial charge is 0.396 e. The molecule has 4 atom stereocenters. The molecule has 0 heterocycles. The molecule has 0 aromatic carbocycles. The van der Waals surface area contributed by atoms with Crippen LogP contribution in [0.4, 0.5) is 8.78 Å². The molecule has 4 unspecified atom stereocenters. The van der Waals surface area contributed by atoms with Crippen LogP contribution in [-0.2, 0) is 14.2 Å². The quantitative estimate of drug-likeness (QED) is 0.0781. The van der Waals surface area contributed by atoms with E-state index in [1.54, 1.807) is 14.0 Å². The fraction of sp³-hybridized carbons (Fsp3) is 1.00. The molecule has 0 aromatic rings. The molecule has 0 aromatic heterocycles. The van der Waals surface area contributed by atoms with Crippen LogP contribution < -0.4 is 0 Å². The second-order valence-corrected chi connectivity index (χ2v) is 35.1. The van der Waals surface area contributed by atoms with Gasteiger partial charge in [-0.3, -0.25) is 0 Å². The van der Waals surface area contributed by atoms with Crippen molar-refractivity contribution in [3.05, 3.63) is 0 Å². The number of halogens is 2. The zero-order valence-corrected chi connectivity index (χ0v) is 69.3. The Balaban J connectivity index is -0.000000225. The molecular formula is C83H176F2O5. The summed E-state index contributed by atoms with van der Waals surface area (Å²) in [5.41, 5.74) is -0.0263. The minimum atomic E-state index is -2.66. The summed E-state index contributed by atoms with van der Waals surface area (Å²) in [6.07, 6.45) is 13.4. The number of methoxy groups -OCH3 is 1. The van der Waals surface area contributed by atoms with Gasteiger partial charge in [-0.25, -0.2) is 0 Å². The van der Waals surface area contributed by atoms with Crippen molar-refractivity contribution in [2.45, 2.75) is 371 Å². The molecule has 2 aliphatic carbocycles. The molecular weight excluding hydrogens is 1110 g/mol. The maximum atomic E-state index is 12.0. The van der Waals surface area contributed by atoms with Crippen LogP contribution in [-0.4, -0.2) is 60.6 Å². The summed E-state index contributed by atoms with van der Waals surface area (Å²) >= 11 is 0. The Morgan fingerprint density at radius 1 is 0.367 bits per heavy atom. The smallest absolute Gasteiger partial charge is 0.345 e. The molecule has 0 saturated heterocycles. The first-order chi connectivity index (χ1) is 40.9. The van der Waals surface area contributed by atoms with Gasteiger partial charge in [-0.15, -0.1) is 0 Å². The average molecular weight is 1290 g/mol. The summed E-state index contributed by atoms with van der Waals surface area (Å²) in [5.74, 6) is 18.7. The Hall–Kier alpha value is -0.340. The predicted molar refractivity (Wildman–Crippen MR) is 402 cm³/mol. The number of hydrogen-bond donors (Lipinski definition) is 2. The highest BCUT2D eigenvalue weighted by Gasteiger charge is 2.35. The monoisotopic (exact) mass is 1290 g/mol. The first-order valence-corrected chi connectivity index (χ1v) is 38.3. The fourth-order valence-electron chi connectivity index (χ4n) is 17.2. The van der Waals surface area contributed by atoms with Gasteiger partial charge in [-0.05, 0) is 215 Å². The number of rotatable bonds is 29. The zero-order chi connectivity index (χ0) is 72.6. The molecule has 90 heavy (non-hydrogen) atoms. The van der Waals surface area contributed by atoms with Crippen molar-refractivity contribution < 1.29 is 33.2 Å². The third kappa shape index (κ3) is 50.1. The standard InChI is InChI=1S/C13H28O.C13H26.C10H20F2O.C10H22O.C10H20.C10H22.C9H20O.C8H18O/c1-9(2)12(10(3)4)11(5)14-13(6,7)8;1-10(2)13(11(3)4)12-8-6-5-7-9-12;1-6(2)9(7(3)4)8(5)13-10(11)12;1-7(2)10(8(3)4)9(5)11-6;1-7(2)10(8(3)4)9-5-6-9;1-6-7-10(8(2)3)9(4)5;1-6(2)9(7(3)4)8(5)10;1-6(2)8(5-9)7(3)4/h9-12H,1-8H3;10-13H,5-9H2,1-4H3;6-10H,1-5H3;7-10H,1-6H3;7-10H,5-6H2,1-4H3;8-10H,6-7H2,1-5H3;6-10H,1-5H3;6-9H,5H2,1-4H3. The van der Waals surface area contributed by atoms with Crippen molar-refractivity contribution in [2.24, 2.45) is 154 Å². The van der Waals surface area contributed by atoms with Gasteiger partial charge >= 0.3 is 6.61 Å². The average Bonchev–Trinajstić information content (AvgIpc) is 3.94. The normalized spacial score (nSPS) is 15.8. The molecule has 0 bridgehead atoms. The maximum Gasteiger partial charge on any atom is 0.345 e. The van der Waals surface area contributed by atoms with Gasteiger partial charge < -0.3 is 24.4 Å². The van der Waals surface area contributed by atoms with Gasteiger partial charge in [-0.2, -0.15) is 8.78 Å². The first-order valence-electron chi connectivity index (χ1n) is 38.3. The Morgan fingerprint density at radius 3 is 0.789 bits per heavy atom. The molecule has 0 aliphatic heterocycles. The molecule has 0 amide bonds. The summed E-state index contributed by atoms with van der Waals surface area (Å²) in [6.45, 7) is 86.3. The molecule has 0 spiro atoms. The van der Waals surface area contributed by atoms with Gasteiger partial charge in [0.1, 0.15) is 0 Å². The van der Waals surface area contributed by atoms with E-state index in [4.69, 9.17) is 14.6 Å². The van der Waals surface area contributed by atoms with Gasteiger partial charge in [0.2, 0.25) is 0 Å². The molecule has 0 radical (unpaired) electrons. The zero-order valence-electron chi connectivity index (χ0n) is 69.3. The molecule has 7 heteroatoms. The minimum Gasteiger partial charge on any atom is -0.396 e. The summed E-state index contributed by atoms with van der Waals surface area (Å²) in [7, 11) is 1.79. The Morgan fingerprint density at radius 2 is 0.644 bits per heavy atom. The van der Waals surface area contributed by atoms with Crippen LogP contribution in [0.3, 0.4) is 0 Å². The van der Waals surface area contributed by atoms with E-state index in [0.717, 1.165) is 65.1 Å². The predicted octanol–water partition coefficient (Wildman–Crippen LogP) is 26.3. The van der Waals surface area contributed by atoms with Gasteiger partial charge in [-0.1, -0.05) is 273 Å². The molecule has 5 nitrogen and oxygen atoms in total. The highest BCUT2D eigenvalue weighted by atomic mass is 19.3. The van der Waals surface area contributed by atoms with Crippen LogP contribution in [0.5, 0.6) is 0 Å². The highest BCUT2D eigenvalue weighted by Crippen LogP contribution is 2.44. The highest BCUT2D eigenvalue weighted by molar-refractivity contribution is 4.85. The third-order valence-corrected chi connectivity index (χ3v) is 20.3. The van der Waals surface area contributed by atoms with E-state index in [-0.39, 0.29) is 23.7 Å². The molecule has 2 N–H and O–H groups in total. The van der Waals surface area contributed by atoms with E-state index < -0.39 is 6.61 Å². The molecule has 2 saturated carbocycles. The Kier molecular flexibility index (Phi) is 61.1. The first kappa shape index (κ1) is 101.